The molecule has 184 valence electrons. The second-order valence-corrected chi connectivity index (χ2v) is 9.28. The van der Waals surface area contributed by atoms with Crippen molar-refractivity contribution in [1.82, 2.24) is 14.7 Å². The van der Waals surface area contributed by atoms with E-state index < -0.39 is 17.5 Å². The molecule has 0 radical (unpaired) electrons. The Kier molecular flexibility index (Phi) is 9.01. The van der Waals surface area contributed by atoms with Crippen LogP contribution in [0.15, 0.2) is 79.3 Å². The van der Waals surface area contributed by atoms with E-state index in [1.807, 2.05) is 33.0 Å². The first-order valence-electron chi connectivity index (χ1n) is 11.1. The van der Waals surface area contributed by atoms with Crippen molar-refractivity contribution in [2.24, 2.45) is 0 Å². The Morgan fingerprint density at radius 3 is 2.40 bits per heavy atom. The molecule has 0 spiro atoms. The van der Waals surface area contributed by atoms with E-state index in [4.69, 9.17) is 0 Å². The maximum absolute atomic E-state index is 13.9. The quantitative estimate of drug-likeness (QED) is 0.237. The van der Waals surface area contributed by atoms with Gasteiger partial charge in [0.2, 0.25) is 0 Å². The molecule has 0 aliphatic carbocycles. The topological polar surface area (TPSA) is 41.3 Å². The molecule has 0 aliphatic heterocycles. The second kappa shape index (κ2) is 12.0. The average Bonchev–Trinajstić information content (AvgIpc) is 3.23. The summed E-state index contributed by atoms with van der Waals surface area (Å²) >= 11 is 1.67. The highest BCUT2D eigenvalue weighted by molar-refractivity contribution is 7.99. The first-order chi connectivity index (χ1) is 16.7. The molecule has 0 saturated carbocycles. The molecule has 3 rings (SSSR count). The summed E-state index contributed by atoms with van der Waals surface area (Å²) in [6.45, 7) is 7.71. The van der Waals surface area contributed by atoms with Gasteiger partial charge in [-0.1, -0.05) is 37.8 Å². The van der Waals surface area contributed by atoms with Crippen molar-refractivity contribution in [3.05, 3.63) is 108 Å². The molecule has 1 heterocycles. The summed E-state index contributed by atoms with van der Waals surface area (Å²) < 4.78 is 42.7. The largest absolute Gasteiger partial charge is 0.508 e. The van der Waals surface area contributed by atoms with Crippen LogP contribution in [0.5, 0.6) is 5.75 Å². The Labute approximate surface area is 208 Å². The minimum absolute atomic E-state index is 0.173. The van der Waals surface area contributed by atoms with Gasteiger partial charge in [-0.25, -0.2) is 17.9 Å². The minimum Gasteiger partial charge on any atom is -0.508 e. The third-order valence-electron chi connectivity index (χ3n) is 5.24. The fraction of sp³-hybridized carbons (Fsp3) is 0.222. The summed E-state index contributed by atoms with van der Waals surface area (Å²) in [6, 6.07) is 10.2. The molecule has 8 heteroatoms. The third kappa shape index (κ3) is 6.90. The number of phenols is 1. The van der Waals surface area contributed by atoms with Gasteiger partial charge in [-0.05, 0) is 61.2 Å². The fourth-order valence-corrected chi connectivity index (χ4v) is 4.67. The van der Waals surface area contributed by atoms with E-state index >= 15 is 0 Å². The Hall–Kier alpha value is -3.23. The zero-order valence-electron chi connectivity index (χ0n) is 19.9. The monoisotopic (exact) mass is 499 g/mol. The maximum Gasteiger partial charge on any atom is 0.128 e. The molecular weight excluding hydrogens is 471 g/mol. The van der Waals surface area contributed by atoms with E-state index in [2.05, 4.69) is 16.6 Å². The standard InChI is InChI=1S/C27H28F3N3OS/c1-5-20(10-7-18(3)28)26-25(17-33(31-26)23-14-21(29)13-22(30)15-23)27(35-6-2)32(4)16-19-8-11-24(34)12-9-19/h5,7-15,17,27,34H,3,6,16H2,1-2,4H3/b10-7-,20-5+. The number of benzene rings is 2. The van der Waals surface area contributed by atoms with Crippen LogP contribution in [0.3, 0.4) is 0 Å². The summed E-state index contributed by atoms with van der Waals surface area (Å²) in [5, 5.41) is 14.1. The van der Waals surface area contributed by atoms with Gasteiger partial charge in [0.25, 0.3) is 0 Å². The lowest BCUT2D eigenvalue weighted by atomic mass is 10.1. The number of hydrogen-bond donors (Lipinski definition) is 1. The molecule has 1 unspecified atom stereocenters. The van der Waals surface area contributed by atoms with Gasteiger partial charge in [0.15, 0.2) is 0 Å². The van der Waals surface area contributed by atoms with Crippen molar-refractivity contribution in [3.8, 4) is 11.4 Å². The zero-order valence-corrected chi connectivity index (χ0v) is 20.7. The lowest BCUT2D eigenvalue weighted by Gasteiger charge is -2.27. The lowest BCUT2D eigenvalue weighted by molar-refractivity contribution is 0.310. The Balaban J connectivity index is 2.11. The smallest absolute Gasteiger partial charge is 0.128 e. The first kappa shape index (κ1) is 26.4. The molecule has 35 heavy (non-hydrogen) atoms. The van der Waals surface area contributed by atoms with E-state index in [1.165, 1.54) is 22.9 Å². The van der Waals surface area contributed by atoms with E-state index in [0.29, 0.717) is 17.8 Å². The number of thioether (sulfide) groups is 1. The summed E-state index contributed by atoms with van der Waals surface area (Å²) in [5.74, 6) is -1.02. The minimum atomic E-state index is -0.706. The van der Waals surface area contributed by atoms with Gasteiger partial charge in [-0.2, -0.15) is 5.10 Å². The number of phenolic OH excluding ortho intramolecular Hbond substituents is 1. The molecule has 0 fully saturated rings. The highest BCUT2D eigenvalue weighted by atomic mass is 32.2. The molecule has 0 saturated heterocycles. The van der Waals surface area contributed by atoms with Crippen molar-refractivity contribution < 1.29 is 18.3 Å². The van der Waals surface area contributed by atoms with E-state index in [1.54, 1.807) is 42.2 Å². The van der Waals surface area contributed by atoms with E-state index in [0.717, 1.165) is 22.9 Å². The molecule has 0 amide bonds. The van der Waals surface area contributed by atoms with Crippen LogP contribution < -0.4 is 0 Å². The maximum atomic E-state index is 13.9. The number of halogens is 3. The summed E-state index contributed by atoms with van der Waals surface area (Å²) in [6.07, 6.45) is 6.39. The number of aromatic nitrogens is 2. The zero-order chi connectivity index (χ0) is 25.5. The number of allylic oxidation sites excluding steroid dienone is 5. The van der Waals surface area contributed by atoms with Crippen LogP contribution in [0.2, 0.25) is 0 Å². The first-order valence-corrected chi connectivity index (χ1v) is 12.1. The van der Waals surface area contributed by atoms with Crippen molar-refractivity contribution in [2.75, 3.05) is 12.8 Å². The molecule has 0 bridgehead atoms. The number of hydrogen-bond acceptors (Lipinski definition) is 4. The van der Waals surface area contributed by atoms with Crippen LogP contribution in [0.25, 0.3) is 11.3 Å². The molecule has 1 atom stereocenters. The van der Waals surface area contributed by atoms with Crippen LogP contribution in [-0.4, -0.2) is 32.6 Å². The Bertz CT molecular complexity index is 1210. The molecule has 2 aromatic carbocycles. The van der Waals surface area contributed by atoms with E-state index in [9.17, 15) is 18.3 Å². The average molecular weight is 500 g/mol. The van der Waals surface area contributed by atoms with E-state index in [-0.39, 0.29) is 16.8 Å². The van der Waals surface area contributed by atoms with Crippen molar-refractivity contribution in [1.29, 1.82) is 0 Å². The molecule has 4 nitrogen and oxygen atoms in total. The number of aromatic hydroxyl groups is 1. The molecule has 0 aliphatic rings. The second-order valence-electron chi connectivity index (χ2n) is 7.92. The third-order valence-corrected chi connectivity index (χ3v) is 6.50. The van der Waals surface area contributed by atoms with Gasteiger partial charge in [-0.3, -0.25) is 4.90 Å². The SMILES string of the molecule is C=C(F)/C=C\C(=C/C)c1nn(-c2cc(F)cc(F)c2)cc1C(SCC)N(C)Cc1ccc(O)cc1. The van der Waals surface area contributed by atoms with Gasteiger partial charge in [-0.15, -0.1) is 11.8 Å². The number of nitrogens with zero attached hydrogens (tertiary/aromatic N) is 3. The summed E-state index contributed by atoms with van der Waals surface area (Å²) in [7, 11) is 1.97. The van der Waals surface area contributed by atoms with Crippen molar-refractivity contribution in [3.63, 3.8) is 0 Å². The highest BCUT2D eigenvalue weighted by Gasteiger charge is 2.25. The van der Waals surface area contributed by atoms with Crippen molar-refractivity contribution in [2.45, 2.75) is 25.8 Å². The molecule has 1 N–H and O–H groups in total. The predicted octanol–water partition coefficient (Wildman–Crippen LogP) is 7.18. The van der Waals surface area contributed by atoms with Gasteiger partial charge < -0.3 is 5.11 Å². The van der Waals surface area contributed by atoms with Crippen LogP contribution in [0.4, 0.5) is 13.2 Å². The van der Waals surface area contributed by atoms with Crippen LogP contribution >= 0.6 is 11.8 Å². The highest BCUT2D eigenvalue weighted by Crippen LogP contribution is 2.37. The summed E-state index contributed by atoms with van der Waals surface area (Å²) in [4.78, 5) is 2.13. The van der Waals surface area contributed by atoms with Crippen LogP contribution in [0.1, 0.15) is 36.0 Å². The van der Waals surface area contributed by atoms with Gasteiger partial charge in [0.05, 0.1) is 16.8 Å². The molecular formula is C27H28F3N3OS. The molecule has 3 aromatic rings. The van der Waals surface area contributed by atoms with Gasteiger partial charge >= 0.3 is 0 Å². The normalized spacial score (nSPS) is 13.1. The van der Waals surface area contributed by atoms with Gasteiger partial charge in [0, 0.05) is 24.4 Å². The van der Waals surface area contributed by atoms with Gasteiger partial charge in [0.1, 0.15) is 23.2 Å². The molecule has 1 aromatic heterocycles. The Morgan fingerprint density at radius 1 is 1.17 bits per heavy atom. The van der Waals surface area contributed by atoms with Crippen LogP contribution in [0, 0.1) is 11.6 Å². The van der Waals surface area contributed by atoms with Crippen LogP contribution in [-0.2, 0) is 6.54 Å². The lowest BCUT2D eigenvalue weighted by Crippen LogP contribution is -2.22. The Morgan fingerprint density at radius 2 is 1.83 bits per heavy atom. The predicted molar refractivity (Wildman–Crippen MR) is 137 cm³/mol. The number of rotatable bonds is 10. The fourth-order valence-electron chi connectivity index (χ4n) is 3.67. The summed E-state index contributed by atoms with van der Waals surface area (Å²) in [5.41, 5.74) is 3.27. The van der Waals surface area contributed by atoms with Crippen molar-refractivity contribution >= 4 is 17.3 Å².